The zero-order chi connectivity index (χ0) is 19.6. The second kappa shape index (κ2) is 11.0. The molecule has 0 aromatic heterocycles. The van der Waals surface area contributed by atoms with E-state index in [1.165, 1.54) is 0 Å². The molecule has 2 N–H and O–H groups in total. The van der Waals surface area contributed by atoms with Crippen LogP contribution in [0.15, 0.2) is 48.5 Å². The molecular formula is C21H25ClN2O2S. The number of hydrogen-bond acceptors (Lipinski definition) is 3. The average Bonchev–Trinajstić information content (AvgIpc) is 2.59. The van der Waals surface area contributed by atoms with Crippen LogP contribution in [0.2, 0.25) is 5.02 Å². The predicted octanol–water partition coefficient (Wildman–Crippen LogP) is 4.87. The first kappa shape index (κ1) is 21.3. The van der Waals surface area contributed by atoms with Gasteiger partial charge in [-0.15, -0.1) is 11.8 Å². The van der Waals surface area contributed by atoms with Crippen LogP contribution in [0.1, 0.15) is 31.4 Å². The summed E-state index contributed by atoms with van der Waals surface area (Å²) in [6.45, 7) is 4.45. The lowest BCUT2D eigenvalue weighted by Gasteiger charge is -2.10. The van der Waals surface area contributed by atoms with E-state index in [1.807, 2.05) is 62.4 Å². The number of carbonyl (C=O) groups is 2. The molecule has 2 rings (SSSR count). The van der Waals surface area contributed by atoms with Gasteiger partial charge in [-0.05, 0) is 41.3 Å². The predicted molar refractivity (Wildman–Crippen MR) is 114 cm³/mol. The molecule has 0 aliphatic heterocycles. The highest BCUT2D eigenvalue weighted by atomic mass is 35.5. The van der Waals surface area contributed by atoms with Crippen LogP contribution in [0.25, 0.3) is 0 Å². The van der Waals surface area contributed by atoms with Gasteiger partial charge in [-0.2, -0.15) is 0 Å². The van der Waals surface area contributed by atoms with E-state index in [9.17, 15) is 9.59 Å². The molecule has 2 aromatic rings. The third-order valence-electron chi connectivity index (χ3n) is 3.68. The van der Waals surface area contributed by atoms with E-state index >= 15 is 0 Å². The van der Waals surface area contributed by atoms with Crippen molar-refractivity contribution in [1.29, 1.82) is 0 Å². The van der Waals surface area contributed by atoms with Gasteiger partial charge in [-0.25, -0.2) is 0 Å². The van der Waals surface area contributed by atoms with E-state index in [1.54, 1.807) is 11.8 Å². The topological polar surface area (TPSA) is 58.2 Å². The van der Waals surface area contributed by atoms with Crippen LogP contribution in [-0.4, -0.2) is 17.6 Å². The number of carbonyl (C=O) groups excluding carboxylic acids is 2. The number of amides is 2. The zero-order valence-electron chi connectivity index (χ0n) is 15.6. The summed E-state index contributed by atoms with van der Waals surface area (Å²) in [4.78, 5) is 23.9. The highest BCUT2D eigenvalue weighted by molar-refractivity contribution is 7.99. The molecule has 0 unspecified atom stereocenters. The summed E-state index contributed by atoms with van der Waals surface area (Å²) in [5.41, 5.74) is 2.80. The fraction of sp³-hybridized carbons (Fsp3) is 0.333. The maximum absolute atomic E-state index is 12.0. The van der Waals surface area contributed by atoms with Gasteiger partial charge in [-0.1, -0.05) is 49.7 Å². The van der Waals surface area contributed by atoms with Gasteiger partial charge in [0.2, 0.25) is 11.8 Å². The highest BCUT2D eigenvalue weighted by Gasteiger charge is 2.07. The molecule has 2 aromatic carbocycles. The Balaban J connectivity index is 1.74. The summed E-state index contributed by atoms with van der Waals surface area (Å²) in [5, 5.41) is 6.51. The smallest absolute Gasteiger partial charge is 0.230 e. The molecule has 6 heteroatoms. The molecule has 0 saturated carbocycles. The molecule has 27 heavy (non-hydrogen) atoms. The number of anilines is 1. The summed E-state index contributed by atoms with van der Waals surface area (Å²) in [6, 6.07) is 15.2. The maximum atomic E-state index is 12.0. The van der Waals surface area contributed by atoms with Crippen molar-refractivity contribution in [2.45, 2.75) is 32.6 Å². The fourth-order valence-corrected chi connectivity index (χ4v) is 3.50. The summed E-state index contributed by atoms with van der Waals surface area (Å²) in [6.07, 6.45) is 0.491. The third kappa shape index (κ3) is 8.50. The van der Waals surface area contributed by atoms with Crippen LogP contribution in [0.5, 0.6) is 0 Å². The van der Waals surface area contributed by atoms with E-state index in [0.717, 1.165) is 22.6 Å². The molecule has 0 fully saturated rings. The van der Waals surface area contributed by atoms with Crippen molar-refractivity contribution < 1.29 is 9.59 Å². The SMILES string of the molecule is CC(C)CC(=O)Nc1cccc(CNC(=O)CSCc2cccc(Cl)c2)c1. The zero-order valence-corrected chi connectivity index (χ0v) is 17.2. The van der Waals surface area contributed by atoms with E-state index in [0.29, 0.717) is 29.7 Å². The van der Waals surface area contributed by atoms with Crippen LogP contribution in [0.3, 0.4) is 0 Å². The van der Waals surface area contributed by atoms with Crippen LogP contribution in [0, 0.1) is 5.92 Å². The van der Waals surface area contributed by atoms with Crippen LogP contribution in [-0.2, 0) is 21.9 Å². The Hall–Kier alpha value is -1.98. The molecule has 0 aliphatic carbocycles. The summed E-state index contributed by atoms with van der Waals surface area (Å²) < 4.78 is 0. The summed E-state index contributed by atoms with van der Waals surface area (Å²) in [5.74, 6) is 1.43. The van der Waals surface area contributed by atoms with Crippen LogP contribution < -0.4 is 10.6 Å². The Morgan fingerprint density at radius 2 is 1.78 bits per heavy atom. The van der Waals surface area contributed by atoms with E-state index in [4.69, 9.17) is 11.6 Å². The molecule has 0 atom stereocenters. The number of thioether (sulfide) groups is 1. The van der Waals surface area contributed by atoms with E-state index in [2.05, 4.69) is 10.6 Å². The summed E-state index contributed by atoms with van der Waals surface area (Å²) in [7, 11) is 0. The Labute approximate surface area is 170 Å². The van der Waals surface area contributed by atoms with Gasteiger partial charge in [0, 0.05) is 29.4 Å². The lowest BCUT2D eigenvalue weighted by Crippen LogP contribution is -2.24. The molecular weight excluding hydrogens is 380 g/mol. The Bertz CT molecular complexity index is 780. The van der Waals surface area contributed by atoms with Crippen molar-refractivity contribution in [3.05, 3.63) is 64.7 Å². The molecule has 0 spiro atoms. The molecule has 0 heterocycles. The van der Waals surface area contributed by atoms with E-state index in [-0.39, 0.29) is 11.8 Å². The first-order chi connectivity index (χ1) is 12.9. The van der Waals surface area contributed by atoms with Crippen molar-refractivity contribution in [3.63, 3.8) is 0 Å². The van der Waals surface area contributed by atoms with Gasteiger partial charge in [-0.3, -0.25) is 9.59 Å². The normalized spacial score (nSPS) is 10.7. The van der Waals surface area contributed by atoms with Crippen molar-refractivity contribution in [3.8, 4) is 0 Å². The van der Waals surface area contributed by atoms with Crippen molar-refractivity contribution in [2.24, 2.45) is 5.92 Å². The monoisotopic (exact) mass is 404 g/mol. The van der Waals surface area contributed by atoms with E-state index < -0.39 is 0 Å². The Morgan fingerprint density at radius 3 is 2.52 bits per heavy atom. The minimum atomic E-state index is -0.0173. The Kier molecular flexibility index (Phi) is 8.69. The van der Waals surface area contributed by atoms with Crippen LogP contribution >= 0.6 is 23.4 Å². The Morgan fingerprint density at radius 1 is 1.04 bits per heavy atom. The maximum Gasteiger partial charge on any atom is 0.230 e. The number of halogens is 1. The average molecular weight is 405 g/mol. The van der Waals surface area contributed by atoms with Gasteiger partial charge in [0.05, 0.1) is 5.75 Å². The molecule has 0 radical (unpaired) electrons. The number of rotatable bonds is 9. The van der Waals surface area contributed by atoms with Crippen molar-refractivity contribution in [2.75, 3.05) is 11.1 Å². The third-order valence-corrected chi connectivity index (χ3v) is 4.92. The summed E-state index contributed by atoms with van der Waals surface area (Å²) >= 11 is 7.51. The van der Waals surface area contributed by atoms with Gasteiger partial charge in [0.25, 0.3) is 0 Å². The second-order valence-electron chi connectivity index (χ2n) is 6.75. The molecule has 144 valence electrons. The molecule has 4 nitrogen and oxygen atoms in total. The molecule has 0 aliphatic rings. The van der Waals surface area contributed by atoms with Gasteiger partial charge >= 0.3 is 0 Å². The van der Waals surface area contributed by atoms with Gasteiger partial charge in [0.15, 0.2) is 0 Å². The minimum absolute atomic E-state index is 0.00333. The first-order valence-corrected chi connectivity index (χ1v) is 10.4. The first-order valence-electron chi connectivity index (χ1n) is 8.90. The van der Waals surface area contributed by atoms with Gasteiger partial charge < -0.3 is 10.6 Å². The fourth-order valence-electron chi connectivity index (χ4n) is 2.48. The number of hydrogen-bond donors (Lipinski definition) is 2. The molecule has 0 bridgehead atoms. The molecule has 0 saturated heterocycles. The number of benzene rings is 2. The molecule has 2 amide bonds. The largest absolute Gasteiger partial charge is 0.351 e. The minimum Gasteiger partial charge on any atom is -0.351 e. The van der Waals surface area contributed by atoms with Crippen LogP contribution in [0.4, 0.5) is 5.69 Å². The second-order valence-corrected chi connectivity index (χ2v) is 8.17. The highest BCUT2D eigenvalue weighted by Crippen LogP contribution is 2.16. The standard InChI is InChI=1S/C21H25ClN2O2S/c1-15(2)9-20(25)24-19-8-4-5-16(11-19)12-23-21(26)14-27-13-17-6-3-7-18(22)10-17/h3-8,10-11,15H,9,12-14H2,1-2H3,(H,23,26)(H,24,25). The lowest BCUT2D eigenvalue weighted by atomic mass is 10.1. The lowest BCUT2D eigenvalue weighted by molar-refractivity contribution is -0.119. The van der Waals surface area contributed by atoms with Crippen molar-refractivity contribution in [1.82, 2.24) is 5.32 Å². The quantitative estimate of drug-likeness (QED) is 0.626. The van der Waals surface area contributed by atoms with Gasteiger partial charge in [0.1, 0.15) is 0 Å². The number of nitrogens with one attached hydrogen (secondary N) is 2. The van der Waals surface area contributed by atoms with Crippen molar-refractivity contribution >= 4 is 40.9 Å².